The van der Waals surface area contributed by atoms with Crippen molar-refractivity contribution < 1.29 is 0 Å². The van der Waals surface area contributed by atoms with E-state index in [9.17, 15) is 0 Å². The van der Waals surface area contributed by atoms with Crippen molar-refractivity contribution in [3.8, 4) is 0 Å². The highest BCUT2D eigenvalue weighted by atomic mass is 32.2. The number of thioether (sulfide) groups is 1. The predicted octanol–water partition coefficient (Wildman–Crippen LogP) is 3.09. The number of nitrogens with zero attached hydrogens (tertiary/aromatic N) is 2. The second-order valence-electron chi connectivity index (χ2n) is 5.78. The Balaban J connectivity index is 2.09. The minimum atomic E-state index is 0.0418. The standard InChI is InChI=1S/C13H23BN2S/c1-13(14)8-5-4-6-10-11(7-9-13)17-12(15-2)16(10)3/h10-11H,4-9H2,1-3H3. The molecule has 1 aliphatic carbocycles. The minimum absolute atomic E-state index is 0.0418. The summed E-state index contributed by atoms with van der Waals surface area (Å²) in [6, 6.07) is 0.674. The van der Waals surface area contributed by atoms with Crippen LogP contribution in [-0.4, -0.2) is 43.3 Å². The van der Waals surface area contributed by atoms with E-state index in [-0.39, 0.29) is 5.31 Å². The molecule has 2 nitrogen and oxygen atoms in total. The van der Waals surface area contributed by atoms with Gasteiger partial charge in [-0.2, -0.15) is 0 Å². The summed E-state index contributed by atoms with van der Waals surface area (Å²) in [5.74, 6) is 0. The number of fused-ring (bicyclic) bond motifs is 1. The third kappa shape index (κ3) is 3.01. The quantitative estimate of drug-likeness (QED) is 0.614. The van der Waals surface area contributed by atoms with Gasteiger partial charge in [-0.25, -0.2) is 0 Å². The second kappa shape index (κ2) is 5.25. The molecule has 0 N–H and O–H groups in total. The molecule has 4 heteroatoms. The number of hydrogen-bond acceptors (Lipinski definition) is 2. The molecule has 0 aromatic rings. The SMILES string of the molecule is [B]C1(C)CCCCC2C(CC1)SC(=NC)N2C. The molecule has 0 aromatic carbocycles. The Labute approximate surface area is 111 Å². The molecule has 94 valence electrons. The van der Waals surface area contributed by atoms with Gasteiger partial charge >= 0.3 is 0 Å². The molecule has 1 saturated heterocycles. The van der Waals surface area contributed by atoms with Crippen LogP contribution in [0.3, 0.4) is 0 Å². The summed E-state index contributed by atoms with van der Waals surface area (Å²) in [5, 5.41) is 1.94. The van der Waals surface area contributed by atoms with E-state index in [4.69, 9.17) is 7.85 Å². The fourth-order valence-corrected chi connectivity index (χ4v) is 4.40. The molecule has 2 aliphatic rings. The van der Waals surface area contributed by atoms with Gasteiger partial charge in [0.05, 0.1) is 7.85 Å². The van der Waals surface area contributed by atoms with E-state index < -0.39 is 0 Å². The van der Waals surface area contributed by atoms with Crippen molar-refractivity contribution in [2.24, 2.45) is 4.99 Å². The summed E-state index contributed by atoms with van der Waals surface area (Å²) in [4.78, 5) is 6.77. The average molecular weight is 250 g/mol. The number of aliphatic imine (C=N–C) groups is 1. The Hall–Kier alpha value is -0.115. The van der Waals surface area contributed by atoms with Crippen LogP contribution in [0.25, 0.3) is 0 Å². The van der Waals surface area contributed by atoms with Crippen molar-refractivity contribution in [3.05, 3.63) is 0 Å². The molecule has 3 atom stereocenters. The van der Waals surface area contributed by atoms with E-state index in [0.29, 0.717) is 11.3 Å². The van der Waals surface area contributed by atoms with Crippen LogP contribution in [0.1, 0.15) is 45.4 Å². The highest BCUT2D eigenvalue weighted by Gasteiger charge is 2.37. The van der Waals surface area contributed by atoms with Crippen molar-refractivity contribution in [3.63, 3.8) is 0 Å². The van der Waals surface area contributed by atoms with Gasteiger partial charge in [-0.3, -0.25) is 4.99 Å². The van der Waals surface area contributed by atoms with Gasteiger partial charge < -0.3 is 4.90 Å². The summed E-state index contributed by atoms with van der Waals surface area (Å²) < 4.78 is 0. The highest BCUT2D eigenvalue weighted by Crippen LogP contribution is 2.43. The van der Waals surface area contributed by atoms with Crippen molar-refractivity contribution >= 4 is 24.8 Å². The zero-order valence-corrected chi connectivity index (χ0v) is 12.1. The zero-order valence-electron chi connectivity index (χ0n) is 11.3. The molecule has 2 rings (SSSR count). The first-order chi connectivity index (χ1) is 8.03. The second-order valence-corrected chi connectivity index (χ2v) is 6.99. The first-order valence-electron chi connectivity index (χ1n) is 6.69. The molecule has 0 aromatic heterocycles. The van der Waals surface area contributed by atoms with Crippen LogP contribution in [0.4, 0.5) is 0 Å². The van der Waals surface area contributed by atoms with Crippen LogP contribution in [0, 0.1) is 0 Å². The van der Waals surface area contributed by atoms with Gasteiger partial charge in [-0.1, -0.05) is 49.7 Å². The van der Waals surface area contributed by atoms with Gasteiger partial charge in [-0.15, -0.1) is 0 Å². The normalized spacial score (nSPS) is 41.8. The summed E-state index contributed by atoms with van der Waals surface area (Å²) in [6.07, 6.45) is 7.42. The van der Waals surface area contributed by atoms with E-state index >= 15 is 0 Å². The molecule has 0 spiro atoms. The van der Waals surface area contributed by atoms with Crippen LogP contribution in [0.2, 0.25) is 5.31 Å². The molecule has 0 amide bonds. The molecule has 0 bridgehead atoms. The fraction of sp³-hybridized carbons (Fsp3) is 0.923. The molecule has 2 radical (unpaired) electrons. The molecule has 1 heterocycles. The maximum Gasteiger partial charge on any atom is 0.159 e. The zero-order chi connectivity index (χ0) is 12.5. The van der Waals surface area contributed by atoms with Crippen molar-refractivity contribution in [1.29, 1.82) is 0 Å². The lowest BCUT2D eigenvalue weighted by molar-refractivity contribution is 0.340. The number of rotatable bonds is 0. The fourth-order valence-electron chi connectivity index (χ4n) is 3.01. The number of amidine groups is 1. The largest absolute Gasteiger partial charge is 0.350 e. The van der Waals surface area contributed by atoms with Gasteiger partial charge in [-0.05, 0) is 12.8 Å². The third-order valence-electron chi connectivity index (χ3n) is 4.17. The van der Waals surface area contributed by atoms with E-state index in [1.165, 1.54) is 37.3 Å². The molecule has 2 fully saturated rings. The topological polar surface area (TPSA) is 15.6 Å². The monoisotopic (exact) mass is 250 g/mol. The lowest BCUT2D eigenvalue weighted by Crippen LogP contribution is -2.33. The van der Waals surface area contributed by atoms with Crippen LogP contribution < -0.4 is 0 Å². The first kappa shape index (κ1) is 13.3. The summed E-state index contributed by atoms with van der Waals surface area (Å²) in [5.41, 5.74) is 0. The van der Waals surface area contributed by atoms with Gasteiger partial charge in [0.1, 0.15) is 0 Å². The Morgan fingerprint density at radius 1 is 1.35 bits per heavy atom. The average Bonchev–Trinajstić information content (AvgIpc) is 2.61. The molecular weight excluding hydrogens is 227 g/mol. The predicted molar refractivity (Wildman–Crippen MR) is 78.1 cm³/mol. The Bertz CT molecular complexity index is 304. The van der Waals surface area contributed by atoms with Crippen molar-refractivity contribution in [2.45, 2.75) is 62.1 Å². The molecule has 17 heavy (non-hydrogen) atoms. The van der Waals surface area contributed by atoms with Crippen molar-refractivity contribution in [2.75, 3.05) is 14.1 Å². The Morgan fingerprint density at radius 3 is 2.82 bits per heavy atom. The minimum Gasteiger partial charge on any atom is -0.350 e. The maximum absolute atomic E-state index is 6.35. The lowest BCUT2D eigenvalue weighted by Gasteiger charge is -2.26. The number of hydrogen-bond donors (Lipinski definition) is 0. The van der Waals surface area contributed by atoms with Gasteiger partial charge in [0.2, 0.25) is 0 Å². The van der Waals surface area contributed by atoms with E-state index in [1.807, 2.05) is 18.8 Å². The summed E-state index contributed by atoms with van der Waals surface area (Å²) in [6.45, 7) is 2.21. The maximum atomic E-state index is 6.35. The highest BCUT2D eigenvalue weighted by molar-refractivity contribution is 8.14. The van der Waals surface area contributed by atoms with E-state index in [1.54, 1.807) is 0 Å². The molecule has 1 aliphatic heterocycles. The Kier molecular flexibility index (Phi) is 4.12. The van der Waals surface area contributed by atoms with Gasteiger partial charge in [0.15, 0.2) is 5.17 Å². The van der Waals surface area contributed by atoms with Gasteiger partial charge in [0.25, 0.3) is 0 Å². The molecule has 1 saturated carbocycles. The van der Waals surface area contributed by atoms with Crippen LogP contribution in [0.5, 0.6) is 0 Å². The van der Waals surface area contributed by atoms with Crippen molar-refractivity contribution in [1.82, 2.24) is 4.90 Å². The first-order valence-corrected chi connectivity index (χ1v) is 7.56. The summed E-state index contributed by atoms with van der Waals surface area (Å²) in [7, 11) is 10.4. The Morgan fingerprint density at radius 2 is 2.12 bits per heavy atom. The lowest BCUT2D eigenvalue weighted by atomic mass is 9.64. The smallest absolute Gasteiger partial charge is 0.159 e. The van der Waals surface area contributed by atoms with E-state index in [2.05, 4.69) is 23.9 Å². The van der Waals surface area contributed by atoms with Crippen LogP contribution in [0.15, 0.2) is 4.99 Å². The molecular formula is C13H23BN2S. The van der Waals surface area contributed by atoms with Crippen LogP contribution in [-0.2, 0) is 0 Å². The molecule has 3 unspecified atom stereocenters. The van der Waals surface area contributed by atoms with E-state index in [0.717, 1.165) is 6.42 Å². The van der Waals surface area contributed by atoms with Crippen LogP contribution >= 0.6 is 11.8 Å². The van der Waals surface area contributed by atoms with Gasteiger partial charge in [0, 0.05) is 25.4 Å². The summed E-state index contributed by atoms with van der Waals surface area (Å²) >= 11 is 1.96. The third-order valence-corrected chi connectivity index (χ3v) is 5.71.